The number of halogens is 2. The van der Waals surface area contributed by atoms with E-state index in [4.69, 9.17) is 16.0 Å². The lowest BCUT2D eigenvalue weighted by Gasteiger charge is -2.41. The van der Waals surface area contributed by atoms with Crippen LogP contribution in [0, 0.1) is 17.7 Å². The molecule has 0 amide bonds. The van der Waals surface area contributed by atoms with Crippen LogP contribution in [0.4, 0.5) is 10.1 Å². The van der Waals surface area contributed by atoms with Crippen molar-refractivity contribution in [3.05, 3.63) is 69.0 Å². The van der Waals surface area contributed by atoms with Crippen LogP contribution in [0.1, 0.15) is 11.1 Å². The molecule has 0 radical (unpaired) electrons. The van der Waals surface area contributed by atoms with Gasteiger partial charge in [0.1, 0.15) is 16.6 Å². The third-order valence-electron chi connectivity index (χ3n) is 5.94. The summed E-state index contributed by atoms with van der Waals surface area (Å²) in [4.78, 5) is 18.4. The van der Waals surface area contributed by atoms with Gasteiger partial charge in [0.15, 0.2) is 0 Å². The second-order valence-electron chi connectivity index (χ2n) is 8.10. The summed E-state index contributed by atoms with van der Waals surface area (Å²) in [5.41, 5.74) is 3.12. The summed E-state index contributed by atoms with van der Waals surface area (Å²) in [5.74, 6) is 0.739. The van der Waals surface area contributed by atoms with E-state index in [1.807, 2.05) is 0 Å². The number of nitrogens with one attached hydrogen (secondary N) is 1. The maximum absolute atomic E-state index is 13.6. The van der Waals surface area contributed by atoms with Crippen LogP contribution in [0.3, 0.4) is 0 Å². The van der Waals surface area contributed by atoms with Crippen molar-refractivity contribution in [2.24, 2.45) is 11.8 Å². The summed E-state index contributed by atoms with van der Waals surface area (Å²) in [5, 5.41) is 4.55. The third kappa shape index (κ3) is 3.74. The summed E-state index contributed by atoms with van der Waals surface area (Å²) in [6.45, 7) is 3.83. The van der Waals surface area contributed by atoms with Crippen molar-refractivity contribution in [2.45, 2.75) is 12.8 Å². The molecule has 0 bridgehead atoms. The minimum atomic E-state index is -0.434. The van der Waals surface area contributed by atoms with Gasteiger partial charge >= 0.3 is 5.63 Å². The fourth-order valence-electron chi connectivity index (χ4n) is 4.57. The zero-order chi connectivity index (χ0) is 20.0. The molecule has 2 aliphatic rings. The Labute approximate surface area is 172 Å². The molecule has 3 heterocycles. The van der Waals surface area contributed by atoms with Crippen molar-refractivity contribution >= 4 is 28.3 Å². The fourth-order valence-corrected chi connectivity index (χ4v) is 4.82. The van der Waals surface area contributed by atoms with Gasteiger partial charge in [0, 0.05) is 49.7 Å². The number of fused-ring (bicyclic) bond motifs is 2. The van der Waals surface area contributed by atoms with E-state index in [1.165, 1.54) is 35.4 Å². The van der Waals surface area contributed by atoms with Gasteiger partial charge < -0.3 is 14.6 Å². The van der Waals surface area contributed by atoms with E-state index < -0.39 is 5.63 Å². The van der Waals surface area contributed by atoms with Gasteiger partial charge in [-0.05, 0) is 54.2 Å². The molecule has 5 rings (SSSR count). The number of hydrogen-bond acceptors (Lipinski definition) is 5. The van der Waals surface area contributed by atoms with Crippen molar-refractivity contribution < 1.29 is 8.81 Å². The zero-order valence-corrected chi connectivity index (χ0v) is 16.6. The monoisotopic (exact) mass is 413 g/mol. The van der Waals surface area contributed by atoms with Gasteiger partial charge in [-0.25, -0.2) is 14.2 Å². The Hall–Kier alpha value is -2.44. The number of rotatable bonds is 5. The first kappa shape index (κ1) is 18.6. The average Bonchev–Trinajstić information content (AvgIpc) is 3.08. The lowest BCUT2D eigenvalue weighted by atomic mass is 9.96. The molecule has 2 aromatic heterocycles. The topological polar surface area (TPSA) is 58.4 Å². The molecule has 5 nitrogen and oxygen atoms in total. The van der Waals surface area contributed by atoms with Gasteiger partial charge in [0.25, 0.3) is 0 Å². The predicted molar refractivity (Wildman–Crippen MR) is 111 cm³/mol. The Morgan fingerprint density at radius 2 is 2.07 bits per heavy atom. The van der Waals surface area contributed by atoms with Crippen LogP contribution in [0.5, 0.6) is 0 Å². The molecule has 1 aliphatic heterocycles. The first-order valence-corrected chi connectivity index (χ1v) is 10.2. The first-order valence-electron chi connectivity index (χ1n) is 9.87. The van der Waals surface area contributed by atoms with Crippen LogP contribution >= 0.6 is 11.6 Å². The van der Waals surface area contributed by atoms with E-state index in [-0.39, 0.29) is 5.82 Å². The summed E-state index contributed by atoms with van der Waals surface area (Å²) in [7, 11) is 0. The van der Waals surface area contributed by atoms with Gasteiger partial charge in [-0.1, -0.05) is 11.6 Å². The van der Waals surface area contributed by atoms with Gasteiger partial charge in [-0.2, -0.15) is 0 Å². The molecule has 1 fully saturated rings. The third-order valence-corrected chi connectivity index (χ3v) is 6.26. The number of benzene rings is 1. The molecule has 0 saturated carbocycles. The van der Waals surface area contributed by atoms with Crippen molar-refractivity contribution in [2.75, 3.05) is 31.5 Å². The lowest BCUT2D eigenvalue weighted by molar-refractivity contribution is 0.0904. The zero-order valence-electron chi connectivity index (χ0n) is 15.8. The molecule has 150 valence electrons. The smallest absolute Gasteiger partial charge is 0.338 e. The summed E-state index contributed by atoms with van der Waals surface area (Å²) < 4.78 is 18.7. The Bertz CT molecular complexity index is 1130. The molecule has 1 atom stereocenters. The second-order valence-corrected chi connectivity index (χ2v) is 8.46. The highest BCUT2D eigenvalue weighted by Crippen LogP contribution is 2.32. The number of pyridine rings is 1. The Kier molecular flexibility index (Phi) is 4.76. The highest BCUT2D eigenvalue weighted by molar-refractivity contribution is 6.30. The van der Waals surface area contributed by atoms with Crippen molar-refractivity contribution in [1.29, 1.82) is 0 Å². The van der Waals surface area contributed by atoms with E-state index in [1.54, 1.807) is 6.20 Å². The molecular formula is C22H21ClFN3O2. The second kappa shape index (κ2) is 7.43. The normalized spacial score (nSPS) is 19.3. The van der Waals surface area contributed by atoms with Gasteiger partial charge in [-0.3, -0.25) is 0 Å². The molecule has 1 aliphatic carbocycles. The summed E-state index contributed by atoms with van der Waals surface area (Å²) in [6.07, 6.45) is 3.85. The first-order chi connectivity index (χ1) is 14.0. The van der Waals surface area contributed by atoms with Gasteiger partial charge in [-0.15, -0.1) is 0 Å². The van der Waals surface area contributed by atoms with Crippen LogP contribution in [-0.2, 0) is 12.8 Å². The van der Waals surface area contributed by atoms with E-state index in [0.717, 1.165) is 39.0 Å². The highest BCUT2D eigenvalue weighted by atomic mass is 35.5. The maximum Gasteiger partial charge on any atom is 0.338 e. The van der Waals surface area contributed by atoms with Crippen LogP contribution in [-0.4, -0.2) is 36.1 Å². The van der Waals surface area contributed by atoms with Crippen LogP contribution < -0.4 is 10.9 Å². The Morgan fingerprint density at radius 3 is 2.90 bits per heavy atom. The minimum Gasteiger partial charge on any atom is -0.423 e. The molecule has 29 heavy (non-hydrogen) atoms. The molecule has 1 N–H and O–H groups in total. The number of hydrogen-bond donors (Lipinski definition) is 1. The number of likely N-dealkylation sites (tertiary alicyclic amines) is 1. The number of aromatic nitrogens is 1. The molecule has 1 aromatic carbocycles. The number of nitrogens with zero attached hydrogens (tertiary/aromatic N) is 2. The molecule has 7 heteroatoms. The Morgan fingerprint density at radius 1 is 1.21 bits per heavy atom. The van der Waals surface area contributed by atoms with E-state index in [9.17, 15) is 9.18 Å². The van der Waals surface area contributed by atoms with E-state index in [2.05, 4.69) is 21.3 Å². The van der Waals surface area contributed by atoms with Crippen LogP contribution in [0.2, 0.25) is 5.15 Å². The van der Waals surface area contributed by atoms with Crippen molar-refractivity contribution in [3.8, 4) is 0 Å². The van der Waals surface area contributed by atoms with Crippen molar-refractivity contribution in [3.63, 3.8) is 0 Å². The highest BCUT2D eigenvalue weighted by Gasteiger charge is 2.31. The lowest BCUT2D eigenvalue weighted by Crippen LogP contribution is -2.51. The van der Waals surface area contributed by atoms with E-state index in [0.29, 0.717) is 33.6 Å². The van der Waals surface area contributed by atoms with Crippen molar-refractivity contribution in [1.82, 2.24) is 9.88 Å². The van der Waals surface area contributed by atoms with Crippen LogP contribution in [0.25, 0.3) is 11.0 Å². The SMILES string of the molecule is O=c1cc(NCC2CN(CC3Cc4ccnc(Cl)c4C3)C2)c2cc(F)ccc2o1. The molecule has 1 saturated heterocycles. The predicted octanol–water partition coefficient (Wildman–Crippen LogP) is 3.74. The maximum atomic E-state index is 13.6. The standard InChI is InChI=1S/C22H21ClFN3O2/c23-22-17-6-13(5-15(17)3-4-25-22)10-27-11-14(12-27)9-26-19-8-21(28)29-20-2-1-16(24)7-18(19)20/h1-4,7-8,13-14,26H,5-6,9-12H2. The quantitative estimate of drug-likeness (QED) is 0.510. The van der Waals surface area contributed by atoms with E-state index >= 15 is 0 Å². The molecule has 0 spiro atoms. The van der Waals surface area contributed by atoms with Gasteiger partial charge in [0.05, 0.1) is 5.69 Å². The van der Waals surface area contributed by atoms with Gasteiger partial charge in [0.2, 0.25) is 0 Å². The average molecular weight is 414 g/mol. The largest absolute Gasteiger partial charge is 0.423 e. The fraction of sp³-hybridized carbons (Fsp3) is 0.364. The van der Waals surface area contributed by atoms with Crippen LogP contribution in [0.15, 0.2) is 45.7 Å². The molecule has 3 aromatic rings. The summed E-state index contributed by atoms with van der Waals surface area (Å²) in [6, 6.07) is 7.65. The molecular weight excluding hydrogens is 393 g/mol. The summed E-state index contributed by atoms with van der Waals surface area (Å²) >= 11 is 6.22. The minimum absolute atomic E-state index is 0.350. The molecule has 1 unspecified atom stereocenters. The Balaban J connectivity index is 1.16. The number of anilines is 1.